The highest BCUT2D eigenvalue weighted by Crippen LogP contribution is 2.36. The predicted octanol–water partition coefficient (Wildman–Crippen LogP) is 1.78. The summed E-state index contributed by atoms with van der Waals surface area (Å²) < 4.78 is 13.9. The van der Waals surface area contributed by atoms with E-state index in [1.165, 1.54) is 20.2 Å². The van der Waals surface area contributed by atoms with E-state index < -0.39 is 24.2 Å². The Morgan fingerprint density at radius 3 is 2.41 bits per heavy atom. The fourth-order valence-electron chi connectivity index (χ4n) is 3.88. The molecule has 1 saturated heterocycles. The first-order valence-electron chi connectivity index (χ1n) is 10.6. The maximum absolute atomic E-state index is 13.2. The second kappa shape index (κ2) is 7.72. The summed E-state index contributed by atoms with van der Waals surface area (Å²) in [6, 6.07) is 7.37. The number of carbonyl (C=O) groups excluding carboxylic acids is 2. The molecule has 2 aliphatic heterocycles. The highest BCUT2D eigenvalue weighted by Gasteiger charge is 2.51. The molecule has 0 atom stereocenters. The van der Waals surface area contributed by atoms with Crippen molar-refractivity contribution >= 4 is 30.1 Å². The van der Waals surface area contributed by atoms with Crippen LogP contribution >= 0.6 is 0 Å². The Morgan fingerprint density at radius 2 is 1.81 bits per heavy atom. The van der Waals surface area contributed by atoms with Crippen molar-refractivity contribution in [3.8, 4) is 0 Å². The first-order valence-corrected chi connectivity index (χ1v) is 10.6. The van der Waals surface area contributed by atoms with Crippen LogP contribution in [0.25, 0.3) is 0 Å². The van der Waals surface area contributed by atoms with Crippen LogP contribution in [-0.2, 0) is 20.7 Å². The first-order chi connectivity index (χ1) is 14.9. The van der Waals surface area contributed by atoms with Crippen molar-refractivity contribution in [1.29, 1.82) is 0 Å². The molecule has 1 fully saturated rings. The number of hydrogen-bond acceptors (Lipinski definition) is 6. The van der Waals surface area contributed by atoms with Gasteiger partial charge in [-0.25, -0.2) is 5.06 Å². The average Bonchev–Trinajstić information content (AvgIpc) is 3.26. The molecule has 0 bridgehead atoms. The minimum Gasteiger partial charge on any atom is -0.399 e. The van der Waals surface area contributed by atoms with Crippen molar-refractivity contribution in [2.24, 2.45) is 0 Å². The number of rotatable bonds is 4. The van der Waals surface area contributed by atoms with Crippen molar-refractivity contribution in [3.63, 3.8) is 0 Å². The minimum absolute atomic E-state index is 0.174. The Balaban J connectivity index is 1.58. The van der Waals surface area contributed by atoms with E-state index in [9.17, 15) is 9.59 Å². The molecule has 4 rings (SSSR count). The summed E-state index contributed by atoms with van der Waals surface area (Å²) >= 11 is 0. The van der Waals surface area contributed by atoms with E-state index >= 15 is 0 Å². The molecule has 2 aromatic rings. The molecule has 0 aliphatic carbocycles. The molecule has 1 aromatic heterocycles. The number of anilines is 1. The summed E-state index contributed by atoms with van der Waals surface area (Å²) in [5.74, 6) is -0.606. The van der Waals surface area contributed by atoms with Gasteiger partial charge in [0.05, 0.1) is 24.9 Å². The van der Waals surface area contributed by atoms with Gasteiger partial charge in [0, 0.05) is 25.3 Å². The van der Waals surface area contributed by atoms with Gasteiger partial charge in [0.15, 0.2) is 5.69 Å². The van der Waals surface area contributed by atoms with Gasteiger partial charge in [0.1, 0.15) is 5.69 Å². The molecule has 2 amide bonds. The van der Waals surface area contributed by atoms with Crippen LogP contribution in [0.1, 0.15) is 54.2 Å². The van der Waals surface area contributed by atoms with Crippen molar-refractivity contribution in [3.05, 3.63) is 41.2 Å². The highest BCUT2D eigenvalue weighted by molar-refractivity contribution is 6.62. The quantitative estimate of drug-likeness (QED) is 0.532. The lowest BCUT2D eigenvalue weighted by Crippen LogP contribution is -2.41. The Kier molecular flexibility index (Phi) is 5.43. The fourth-order valence-corrected chi connectivity index (χ4v) is 3.88. The molecule has 170 valence electrons. The second-order valence-corrected chi connectivity index (χ2v) is 9.21. The molecule has 0 saturated carbocycles. The van der Waals surface area contributed by atoms with Crippen LogP contribution < -0.4 is 10.4 Å². The molecule has 9 nitrogen and oxygen atoms in total. The standard InChI is InChI=1S/C22H29BN4O5/c1-14-12-15(23-31-21(2,3)22(4,5)32-23)8-9-17(14)26-10-11-27-18(20(26)29)13-16(24-27)19(28)25(6)30-7/h8-9,12-13H,10-11H2,1-7H3. The summed E-state index contributed by atoms with van der Waals surface area (Å²) in [4.78, 5) is 32.2. The van der Waals surface area contributed by atoms with E-state index in [1.807, 2.05) is 52.8 Å². The fraction of sp³-hybridized carbons (Fsp3) is 0.500. The van der Waals surface area contributed by atoms with Gasteiger partial charge in [-0.2, -0.15) is 5.10 Å². The molecular weight excluding hydrogens is 411 g/mol. The number of benzene rings is 1. The number of hydroxylamine groups is 2. The van der Waals surface area contributed by atoms with E-state index in [1.54, 1.807) is 9.58 Å². The van der Waals surface area contributed by atoms with Crippen LogP contribution in [0.4, 0.5) is 5.69 Å². The first kappa shape index (κ1) is 22.5. The third-order valence-corrected chi connectivity index (χ3v) is 6.60. The molecule has 2 aliphatic rings. The number of hydrogen-bond donors (Lipinski definition) is 0. The van der Waals surface area contributed by atoms with Crippen LogP contribution in [-0.4, -0.2) is 65.7 Å². The van der Waals surface area contributed by atoms with Gasteiger partial charge in [-0.3, -0.25) is 19.1 Å². The van der Waals surface area contributed by atoms with E-state index in [-0.39, 0.29) is 11.6 Å². The Hall–Kier alpha value is -2.69. The van der Waals surface area contributed by atoms with Gasteiger partial charge >= 0.3 is 7.12 Å². The minimum atomic E-state index is -0.461. The van der Waals surface area contributed by atoms with Gasteiger partial charge in [-0.15, -0.1) is 0 Å². The SMILES string of the molecule is CON(C)C(=O)c1cc2n(n1)CCN(c1ccc(B3OC(C)(C)C(C)(C)O3)cc1C)C2=O. The van der Waals surface area contributed by atoms with Crippen molar-refractivity contribution < 1.29 is 23.7 Å². The number of nitrogens with zero attached hydrogens (tertiary/aromatic N) is 4. The van der Waals surface area contributed by atoms with E-state index in [0.29, 0.717) is 18.8 Å². The summed E-state index contributed by atoms with van der Waals surface area (Å²) in [5, 5.41) is 5.36. The van der Waals surface area contributed by atoms with Crippen LogP contribution in [0.2, 0.25) is 0 Å². The van der Waals surface area contributed by atoms with Gasteiger partial charge < -0.3 is 14.2 Å². The van der Waals surface area contributed by atoms with Gasteiger partial charge in [-0.05, 0) is 51.7 Å². The monoisotopic (exact) mass is 440 g/mol. The third-order valence-electron chi connectivity index (χ3n) is 6.60. The van der Waals surface area contributed by atoms with Crippen molar-refractivity contribution in [1.82, 2.24) is 14.8 Å². The molecule has 0 radical (unpaired) electrons. The summed E-state index contributed by atoms with van der Waals surface area (Å²) in [6.45, 7) is 11.0. The predicted molar refractivity (Wildman–Crippen MR) is 120 cm³/mol. The molecular formula is C22H29BN4O5. The zero-order valence-electron chi connectivity index (χ0n) is 19.6. The lowest BCUT2D eigenvalue weighted by molar-refractivity contribution is -0.0760. The van der Waals surface area contributed by atoms with Crippen LogP contribution in [0.15, 0.2) is 24.3 Å². The largest absolute Gasteiger partial charge is 0.494 e. The smallest absolute Gasteiger partial charge is 0.399 e. The molecule has 3 heterocycles. The summed E-state index contributed by atoms with van der Waals surface area (Å²) in [7, 11) is 2.44. The van der Waals surface area contributed by atoms with Crippen LogP contribution in [0.5, 0.6) is 0 Å². The third kappa shape index (κ3) is 3.62. The zero-order valence-corrected chi connectivity index (χ0v) is 19.6. The molecule has 0 unspecified atom stereocenters. The average molecular weight is 440 g/mol. The Labute approximate surface area is 188 Å². The maximum atomic E-state index is 13.2. The Morgan fingerprint density at radius 1 is 1.16 bits per heavy atom. The summed E-state index contributed by atoms with van der Waals surface area (Å²) in [5.41, 5.74) is 2.37. The van der Waals surface area contributed by atoms with Gasteiger partial charge in [0.2, 0.25) is 0 Å². The number of aromatic nitrogens is 2. The normalized spacial score (nSPS) is 19.3. The number of aryl methyl sites for hydroxylation is 1. The van der Waals surface area contributed by atoms with E-state index in [2.05, 4.69) is 5.10 Å². The molecule has 10 heteroatoms. The van der Waals surface area contributed by atoms with Gasteiger partial charge in [-0.1, -0.05) is 12.1 Å². The molecule has 0 spiro atoms. The number of carbonyl (C=O) groups is 2. The van der Waals surface area contributed by atoms with Crippen LogP contribution in [0, 0.1) is 6.92 Å². The second-order valence-electron chi connectivity index (χ2n) is 9.21. The number of amides is 2. The number of fused-ring (bicyclic) bond motifs is 1. The maximum Gasteiger partial charge on any atom is 0.494 e. The molecule has 1 aromatic carbocycles. The zero-order chi connectivity index (χ0) is 23.4. The lowest BCUT2D eigenvalue weighted by atomic mass is 9.78. The van der Waals surface area contributed by atoms with Crippen molar-refractivity contribution in [2.45, 2.75) is 52.4 Å². The Bertz CT molecular complexity index is 1060. The topological polar surface area (TPSA) is 86.1 Å². The molecule has 0 N–H and O–H groups in total. The summed E-state index contributed by atoms with van der Waals surface area (Å²) in [6.07, 6.45) is 0. The van der Waals surface area contributed by atoms with E-state index in [0.717, 1.165) is 21.8 Å². The van der Waals surface area contributed by atoms with Gasteiger partial charge in [0.25, 0.3) is 11.8 Å². The van der Waals surface area contributed by atoms with Crippen molar-refractivity contribution in [2.75, 3.05) is 25.6 Å². The highest BCUT2D eigenvalue weighted by atomic mass is 16.7. The van der Waals surface area contributed by atoms with E-state index in [4.69, 9.17) is 14.1 Å². The van der Waals surface area contributed by atoms with Crippen LogP contribution in [0.3, 0.4) is 0 Å². The lowest BCUT2D eigenvalue weighted by Gasteiger charge is -2.32. The molecule has 32 heavy (non-hydrogen) atoms.